The van der Waals surface area contributed by atoms with Gasteiger partial charge in [0.25, 0.3) is 0 Å². The average Bonchev–Trinajstić information content (AvgIpc) is 2.08. The van der Waals surface area contributed by atoms with Gasteiger partial charge in [-0.3, -0.25) is 0 Å². The van der Waals surface area contributed by atoms with Crippen molar-refractivity contribution >= 4 is 0 Å². The van der Waals surface area contributed by atoms with Crippen LogP contribution in [0.2, 0.25) is 0 Å². The molecule has 0 saturated heterocycles. The molecule has 3 unspecified atom stereocenters. The van der Waals surface area contributed by atoms with E-state index in [2.05, 4.69) is 32.3 Å². The third-order valence-corrected chi connectivity index (χ3v) is 0.640. The van der Waals surface area contributed by atoms with E-state index in [-0.39, 0.29) is 5.28 Å². The largest absolute Gasteiger partial charge is 0.578 e. The highest BCUT2D eigenvalue weighted by Crippen LogP contribution is 1.66. The van der Waals surface area contributed by atoms with E-state index < -0.39 is 16.0 Å². The van der Waals surface area contributed by atoms with Crippen molar-refractivity contribution in [2.24, 2.45) is 17.5 Å². The van der Waals surface area contributed by atoms with Crippen molar-refractivity contribution in [2.45, 2.75) is 0 Å². The minimum Gasteiger partial charge on any atom is -0.578 e. The molecule has 0 spiro atoms. The van der Waals surface area contributed by atoms with Crippen LogP contribution in [0.15, 0.2) is 0 Å². The molecular formula is H11N9O6. The SMILES string of the molecule is N[NH+]([O-])ONN(NO[NH+](N)[O-])O[NH+](N)[O-]. The van der Waals surface area contributed by atoms with Crippen LogP contribution in [0.1, 0.15) is 0 Å². The summed E-state index contributed by atoms with van der Waals surface area (Å²) < 4.78 is 0. The van der Waals surface area contributed by atoms with E-state index in [4.69, 9.17) is 0 Å². The average molecular weight is 233 g/mol. The van der Waals surface area contributed by atoms with E-state index >= 15 is 0 Å². The lowest BCUT2D eigenvalue weighted by Crippen LogP contribution is -3.17. The van der Waals surface area contributed by atoms with Crippen molar-refractivity contribution in [3.63, 3.8) is 0 Å². The molecule has 0 amide bonds. The summed E-state index contributed by atoms with van der Waals surface area (Å²) in [5.74, 6) is 13.7. The van der Waals surface area contributed by atoms with Gasteiger partial charge in [0.1, 0.15) is 0 Å². The van der Waals surface area contributed by atoms with Crippen LogP contribution in [0.5, 0.6) is 0 Å². The number of rotatable bonds is 8. The fourth-order valence-electron chi connectivity index (χ4n) is 0.319. The van der Waals surface area contributed by atoms with Crippen LogP contribution in [0, 0.1) is 15.6 Å². The standard InChI is InChI=1S/H11N9O6/c1-6(10)13-4-9(15-8(3)12)5-14-7(2)11/h4-8H,1-3H2. The maximum atomic E-state index is 10.2. The fourth-order valence-corrected chi connectivity index (χ4v) is 0.319. The van der Waals surface area contributed by atoms with Gasteiger partial charge in [-0.15, -0.1) is 33.5 Å². The lowest BCUT2D eigenvalue weighted by atomic mass is 12.2. The Morgan fingerprint density at radius 1 is 0.867 bits per heavy atom. The van der Waals surface area contributed by atoms with Gasteiger partial charge in [0.05, 0.1) is 5.28 Å². The lowest BCUT2D eigenvalue weighted by molar-refractivity contribution is -1.13. The van der Waals surface area contributed by atoms with E-state index in [0.717, 1.165) is 0 Å². The van der Waals surface area contributed by atoms with Gasteiger partial charge in [0, 0.05) is 0 Å². The van der Waals surface area contributed by atoms with Crippen molar-refractivity contribution in [3.8, 4) is 0 Å². The molecule has 0 aromatic rings. The molecule has 0 rings (SSSR count). The summed E-state index contributed by atoms with van der Waals surface area (Å²) in [7, 11) is 0. The monoisotopic (exact) mass is 233 g/mol. The molecule has 15 nitrogen and oxygen atoms in total. The van der Waals surface area contributed by atoms with Gasteiger partial charge in [-0.05, 0) is 11.2 Å². The molecule has 3 atom stereocenters. The Balaban J connectivity index is 3.84. The normalized spacial score (nSPS) is 17.8. The Kier molecular flexibility index (Phi) is 7.35. The second-order valence-electron chi connectivity index (χ2n) is 1.73. The van der Waals surface area contributed by atoms with E-state index in [1.165, 1.54) is 0 Å². The number of hydrogen-bond donors (Lipinski definition) is 8. The van der Waals surface area contributed by atoms with Crippen LogP contribution in [-0.2, 0) is 14.8 Å². The smallest absolute Gasteiger partial charge is 0.0639 e. The summed E-state index contributed by atoms with van der Waals surface area (Å²) in [6.45, 7) is 0. The third kappa shape index (κ3) is 9.70. The quantitative estimate of drug-likeness (QED) is 0.145. The summed E-state index contributed by atoms with van der Waals surface area (Å²) in [6.07, 6.45) is 0. The second kappa shape index (κ2) is 7.66. The van der Waals surface area contributed by atoms with E-state index in [1.807, 2.05) is 0 Å². The van der Waals surface area contributed by atoms with Gasteiger partial charge in [0.2, 0.25) is 0 Å². The van der Waals surface area contributed by atoms with E-state index in [9.17, 15) is 15.6 Å². The highest BCUT2D eigenvalue weighted by atomic mass is 17.1. The number of nitrogens with zero attached hydrogens (tertiary/aromatic N) is 1. The van der Waals surface area contributed by atoms with Crippen LogP contribution >= 0.6 is 0 Å². The molecular weight excluding hydrogens is 222 g/mol. The topological polar surface area (TPSA) is 216 Å². The molecule has 15 heavy (non-hydrogen) atoms. The maximum Gasteiger partial charge on any atom is 0.0639 e. The summed E-state index contributed by atoms with van der Waals surface area (Å²) >= 11 is 0. The molecule has 0 aliphatic carbocycles. The Morgan fingerprint density at radius 3 is 1.53 bits per heavy atom. The van der Waals surface area contributed by atoms with Crippen LogP contribution in [-0.4, -0.2) is 5.28 Å². The van der Waals surface area contributed by atoms with Gasteiger partial charge in [0.15, 0.2) is 0 Å². The first-order chi connectivity index (χ1) is 6.91. The minimum atomic E-state index is -1.31. The van der Waals surface area contributed by atoms with Gasteiger partial charge in [-0.2, -0.15) is 0 Å². The Hall–Kier alpha value is -0.600. The zero-order chi connectivity index (χ0) is 11.8. The molecule has 0 aromatic carbocycles. The second-order valence-corrected chi connectivity index (χ2v) is 1.73. The van der Waals surface area contributed by atoms with Gasteiger partial charge in [-0.25, -0.2) is 0 Å². The number of nitrogens with two attached hydrogens (primary N) is 3. The van der Waals surface area contributed by atoms with Crippen LogP contribution in [0.3, 0.4) is 0 Å². The molecule has 0 radical (unpaired) electrons. The fraction of sp³-hybridized carbons (Fsp3) is 0. The van der Waals surface area contributed by atoms with Crippen LogP contribution < -0.4 is 44.7 Å². The van der Waals surface area contributed by atoms with Crippen LogP contribution in [0.4, 0.5) is 0 Å². The molecule has 0 aliphatic rings. The first-order valence-corrected chi connectivity index (χ1v) is 3.13. The highest BCUT2D eigenvalue weighted by molar-refractivity contribution is 3.91. The van der Waals surface area contributed by atoms with Crippen molar-refractivity contribution < 1.29 is 30.8 Å². The third-order valence-electron chi connectivity index (χ3n) is 0.640. The van der Waals surface area contributed by atoms with E-state index in [0.29, 0.717) is 0 Å². The summed E-state index contributed by atoms with van der Waals surface area (Å²) in [5.41, 5.74) is 3.20. The molecule has 0 heterocycles. The summed E-state index contributed by atoms with van der Waals surface area (Å²) in [4.78, 5) is 11.9. The predicted molar refractivity (Wildman–Crippen MR) is 36.9 cm³/mol. The summed E-state index contributed by atoms with van der Waals surface area (Å²) in [5, 5.41) is 26.7. The zero-order valence-corrected chi connectivity index (χ0v) is 7.13. The van der Waals surface area contributed by atoms with Crippen molar-refractivity contribution in [1.29, 1.82) is 0 Å². The Bertz CT molecular complexity index is 136. The predicted octanol–water partition coefficient (Wildman–Crippen LogP) is -8.39. The first kappa shape index (κ1) is 14.4. The number of quaternary nitrogens is 3. The Morgan fingerprint density at radius 2 is 1.27 bits per heavy atom. The molecule has 92 valence electrons. The summed E-state index contributed by atoms with van der Waals surface area (Å²) in [6, 6.07) is 0. The molecule has 0 bridgehead atoms. The van der Waals surface area contributed by atoms with Gasteiger partial charge < -0.3 is 15.6 Å². The molecule has 0 fully saturated rings. The van der Waals surface area contributed by atoms with E-state index in [1.54, 1.807) is 11.2 Å². The zero-order valence-electron chi connectivity index (χ0n) is 7.13. The lowest BCUT2D eigenvalue weighted by Gasteiger charge is -2.23. The molecule has 0 aromatic heterocycles. The van der Waals surface area contributed by atoms with Crippen LogP contribution in [0.25, 0.3) is 0 Å². The van der Waals surface area contributed by atoms with Crippen molar-refractivity contribution in [2.75, 3.05) is 0 Å². The van der Waals surface area contributed by atoms with Gasteiger partial charge >= 0.3 is 0 Å². The highest BCUT2D eigenvalue weighted by Gasteiger charge is 2.12. The maximum absolute atomic E-state index is 10.2. The first-order valence-electron chi connectivity index (χ1n) is 3.13. The van der Waals surface area contributed by atoms with Gasteiger partial charge in [-0.1, -0.05) is 14.8 Å². The molecule has 0 aliphatic heterocycles. The Labute approximate surface area is 81.7 Å². The molecule has 0 saturated carbocycles. The molecule has 11 N–H and O–H groups in total. The van der Waals surface area contributed by atoms with Crippen molar-refractivity contribution in [1.82, 2.24) is 16.5 Å². The number of hydrazine groups is 2. The number of nitrogens with one attached hydrogen (secondary N) is 5. The number of hydrogen-bond acceptors (Lipinski definition) is 12. The minimum absolute atomic E-state index is 0.123. The van der Waals surface area contributed by atoms with Crippen molar-refractivity contribution in [3.05, 3.63) is 15.6 Å². The molecule has 15 heteroatoms.